The zero-order chi connectivity index (χ0) is 13.3. The van der Waals surface area contributed by atoms with Gasteiger partial charge >= 0.3 is 0 Å². The van der Waals surface area contributed by atoms with Crippen LogP contribution in [0.1, 0.15) is 35.7 Å². The van der Waals surface area contributed by atoms with Crippen LogP contribution in [-0.4, -0.2) is 23.2 Å². The van der Waals surface area contributed by atoms with Crippen LogP contribution in [0.15, 0.2) is 18.2 Å². The Bertz CT molecular complexity index is 471. The van der Waals surface area contributed by atoms with E-state index in [1.165, 1.54) is 6.07 Å². The van der Waals surface area contributed by atoms with Crippen molar-refractivity contribution in [2.45, 2.75) is 32.2 Å². The molecule has 2 N–H and O–H groups in total. The highest BCUT2D eigenvalue weighted by atomic mass is 19.1. The van der Waals surface area contributed by atoms with Crippen LogP contribution >= 0.6 is 0 Å². The summed E-state index contributed by atoms with van der Waals surface area (Å²) in [5.41, 5.74) is -0.164. The molecular formula is C14H18FNO2. The van der Waals surface area contributed by atoms with Gasteiger partial charge in [0, 0.05) is 0 Å². The molecule has 0 radical (unpaired) electrons. The van der Waals surface area contributed by atoms with Gasteiger partial charge in [-0.05, 0) is 44.2 Å². The Balaban J connectivity index is 2.19. The second-order valence-electron chi connectivity index (χ2n) is 5.24. The van der Waals surface area contributed by atoms with Crippen molar-refractivity contribution in [1.82, 2.24) is 5.32 Å². The van der Waals surface area contributed by atoms with Crippen LogP contribution in [0.2, 0.25) is 0 Å². The maximum atomic E-state index is 13.8. The van der Waals surface area contributed by atoms with Crippen LogP contribution in [-0.2, 0) is 0 Å². The monoisotopic (exact) mass is 251 g/mol. The summed E-state index contributed by atoms with van der Waals surface area (Å²) in [6.45, 7) is 3.30. The zero-order valence-corrected chi connectivity index (χ0v) is 10.7. The van der Waals surface area contributed by atoms with Crippen molar-refractivity contribution >= 4 is 5.91 Å². The highest BCUT2D eigenvalue weighted by Gasteiger charge is 2.42. The van der Waals surface area contributed by atoms with E-state index in [-0.39, 0.29) is 12.2 Å². The first kappa shape index (κ1) is 13.0. The second kappa shape index (κ2) is 4.69. The van der Waals surface area contributed by atoms with Gasteiger partial charge in [-0.2, -0.15) is 0 Å². The maximum absolute atomic E-state index is 13.8. The lowest BCUT2D eigenvalue weighted by Gasteiger charge is -2.28. The molecule has 98 valence electrons. The van der Waals surface area contributed by atoms with E-state index in [9.17, 15) is 14.3 Å². The Hall–Kier alpha value is -1.42. The summed E-state index contributed by atoms with van der Waals surface area (Å²) in [4.78, 5) is 12.1. The van der Waals surface area contributed by atoms with E-state index in [1.807, 2.05) is 0 Å². The first-order chi connectivity index (χ1) is 8.48. The van der Waals surface area contributed by atoms with Crippen LogP contribution in [0.3, 0.4) is 0 Å². The van der Waals surface area contributed by atoms with Crippen molar-refractivity contribution < 1.29 is 14.3 Å². The van der Waals surface area contributed by atoms with E-state index in [0.29, 0.717) is 11.5 Å². The summed E-state index contributed by atoms with van der Waals surface area (Å²) in [6, 6.07) is 4.74. The molecule has 2 rings (SSSR count). The fourth-order valence-electron chi connectivity index (χ4n) is 2.14. The first-order valence-electron chi connectivity index (χ1n) is 6.16. The smallest absolute Gasteiger partial charge is 0.254 e. The van der Waals surface area contributed by atoms with Crippen molar-refractivity contribution in [3.63, 3.8) is 0 Å². The Morgan fingerprint density at radius 2 is 2.22 bits per heavy atom. The SMILES string of the molecule is Cc1cccc(C(=O)N[C@](C)(CO)C2CC2)c1F. The van der Waals surface area contributed by atoms with Crippen molar-refractivity contribution in [3.05, 3.63) is 35.1 Å². The predicted molar refractivity (Wildman–Crippen MR) is 66.8 cm³/mol. The molecule has 3 nitrogen and oxygen atoms in total. The topological polar surface area (TPSA) is 49.3 Å². The quantitative estimate of drug-likeness (QED) is 0.860. The lowest BCUT2D eigenvalue weighted by molar-refractivity contribution is 0.0820. The fraction of sp³-hybridized carbons (Fsp3) is 0.500. The lowest BCUT2D eigenvalue weighted by Crippen LogP contribution is -2.51. The number of carbonyl (C=O) groups excluding carboxylic acids is 1. The molecule has 1 aromatic carbocycles. The van der Waals surface area contributed by atoms with Gasteiger partial charge in [0.1, 0.15) is 5.82 Å². The van der Waals surface area contributed by atoms with E-state index in [2.05, 4.69) is 5.32 Å². The molecule has 1 fully saturated rings. The summed E-state index contributed by atoms with van der Waals surface area (Å²) in [6.07, 6.45) is 1.99. The van der Waals surface area contributed by atoms with E-state index in [0.717, 1.165) is 12.8 Å². The van der Waals surface area contributed by atoms with Gasteiger partial charge in [0.05, 0.1) is 17.7 Å². The number of halogens is 1. The highest BCUT2D eigenvalue weighted by Crippen LogP contribution is 2.39. The predicted octanol–water partition coefficient (Wildman–Crippen LogP) is 2.02. The van der Waals surface area contributed by atoms with E-state index < -0.39 is 17.3 Å². The molecule has 1 saturated carbocycles. The molecular weight excluding hydrogens is 233 g/mol. The third-order valence-corrected chi connectivity index (χ3v) is 3.64. The van der Waals surface area contributed by atoms with E-state index in [4.69, 9.17) is 0 Å². The normalized spacial score (nSPS) is 18.2. The van der Waals surface area contributed by atoms with Gasteiger partial charge in [0.25, 0.3) is 5.91 Å². The molecule has 1 amide bonds. The van der Waals surface area contributed by atoms with Crippen LogP contribution in [0.25, 0.3) is 0 Å². The molecule has 0 unspecified atom stereocenters. The molecule has 1 atom stereocenters. The van der Waals surface area contributed by atoms with Gasteiger partial charge in [-0.1, -0.05) is 12.1 Å². The molecule has 0 aliphatic heterocycles. The number of carbonyl (C=O) groups is 1. The molecule has 0 bridgehead atoms. The molecule has 1 aliphatic rings. The largest absolute Gasteiger partial charge is 0.394 e. The lowest BCUT2D eigenvalue weighted by atomic mass is 9.96. The summed E-state index contributed by atoms with van der Waals surface area (Å²) in [7, 11) is 0. The van der Waals surface area contributed by atoms with Gasteiger partial charge in [-0.15, -0.1) is 0 Å². The molecule has 0 aromatic heterocycles. The van der Waals surface area contributed by atoms with Crippen LogP contribution in [0, 0.1) is 18.7 Å². The highest BCUT2D eigenvalue weighted by molar-refractivity contribution is 5.95. The molecule has 18 heavy (non-hydrogen) atoms. The Morgan fingerprint density at radius 3 is 2.78 bits per heavy atom. The van der Waals surface area contributed by atoms with Crippen LogP contribution in [0.5, 0.6) is 0 Å². The summed E-state index contributed by atoms with van der Waals surface area (Å²) in [5.74, 6) is -0.662. The second-order valence-corrected chi connectivity index (χ2v) is 5.24. The minimum atomic E-state index is -0.646. The van der Waals surface area contributed by atoms with Crippen molar-refractivity contribution in [1.29, 1.82) is 0 Å². The number of nitrogens with one attached hydrogen (secondary N) is 1. The van der Waals surface area contributed by atoms with Crippen molar-refractivity contribution in [2.75, 3.05) is 6.61 Å². The van der Waals surface area contributed by atoms with Crippen molar-refractivity contribution in [2.24, 2.45) is 5.92 Å². The molecule has 0 saturated heterocycles. The fourth-order valence-corrected chi connectivity index (χ4v) is 2.14. The maximum Gasteiger partial charge on any atom is 0.254 e. The van der Waals surface area contributed by atoms with Gasteiger partial charge < -0.3 is 10.4 Å². The average Bonchev–Trinajstić information content (AvgIpc) is 3.16. The standard InChI is InChI=1S/C14H18FNO2/c1-9-4-3-5-11(12(9)15)13(18)16-14(2,8-17)10-6-7-10/h3-5,10,17H,6-8H2,1-2H3,(H,16,18)/t14-/m1/s1. The number of hydrogen-bond acceptors (Lipinski definition) is 2. The molecule has 1 aliphatic carbocycles. The number of aliphatic hydroxyl groups is 1. The minimum Gasteiger partial charge on any atom is -0.394 e. The third kappa shape index (κ3) is 2.38. The van der Waals surface area contributed by atoms with Crippen LogP contribution < -0.4 is 5.32 Å². The number of aryl methyl sites for hydroxylation is 1. The van der Waals surface area contributed by atoms with Crippen molar-refractivity contribution in [3.8, 4) is 0 Å². The number of hydrogen-bond donors (Lipinski definition) is 2. The van der Waals surface area contributed by atoms with Crippen LogP contribution in [0.4, 0.5) is 4.39 Å². The van der Waals surface area contributed by atoms with Gasteiger partial charge in [0.15, 0.2) is 0 Å². The minimum absolute atomic E-state index is 0.0373. The molecule has 0 heterocycles. The number of benzene rings is 1. The summed E-state index contributed by atoms with van der Waals surface area (Å²) in [5, 5.41) is 12.2. The average molecular weight is 251 g/mol. The Morgan fingerprint density at radius 1 is 1.56 bits per heavy atom. The Labute approximate surface area is 106 Å². The third-order valence-electron chi connectivity index (χ3n) is 3.64. The molecule has 4 heteroatoms. The summed E-state index contributed by atoms with van der Waals surface area (Å²) >= 11 is 0. The van der Waals surface area contributed by atoms with E-state index in [1.54, 1.807) is 26.0 Å². The molecule has 1 aromatic rings. The Kier molecular flexibility index (Phi) is 3.39. The van der Waals surface area contributed by atoms with Gasteiger partial charge in [-0.3, -0.25) is 4.79 Å². The first-order valence-corrected chi connectivity index (χ1v) is 6.16. The van der Waals surface area contributed by atoms with Gasteiger partial charge in [0.2, 0.25) is 0 Å². The molecule has 0 spiro atoms. The number of amides is 1. The van der Waals surface area contributed by atoms with E-state index >= 15 is 0 Å². The summed E-state index contributed by atoms with van der Waals surface area (Å²) < 4.78 is 13.8. The zero-order valence-electron chi connectivity index (χ0n) is 10.7. The number of aliphatic hydroxyl groups excluding tert-OH is 1. The number of rotatable bonds is 4. The van der Waals surface area contributed by atoms with Gasteiger partial charge in [-0.25, -0.2) is 4.39 Å².